The second-order valence-corrected chi connectivity index (χ2v) is 7.75. The topological polar surface area (TPSA) is 49.9 Å². The Morgan fingerprint density at radius 1 is 1.00 bits per heavy atom. The van der Waals surface area contributed by atoms with E-state index in [0.717, 1.165) is 24.2 Å². The number of hydrogen-bond acceptors (Lipinski definition) is 4. The van der Waals surface area contributed by atoms with Crippen LogP contribution in [0.3, 0.4) is 0 Å². The Bertz CT molecular complexity index is 852. The molecule has 30 heavy (non-hydrogen) atoms. The van der Waals surface area contributed by atoms with Crippen molar-refractivity contribution in [3.05, 3.63) is 59.9 Å². The molecule has 0 aromatic heterocycles. The maximum absolute atomic E-state index is 13.2. The van der Waals surface area contributed by atoms with Crippen molar-refractivity contribution in [2.24, 2.45) is 0 Å². The van der Waals surface area contributed by atoms with E-state index in [4.69, 9.17) is 4.74 Å². The molecule has 3 rings (SSSR count). The third-order valence-electron chi connectivity index (χ3n) is 5.35. The van der Waals surface area contributed by atoms with Crippen LogP contribution in [0, 0.1) is 5.82 Å². The van der Waals surface area contributed by atoms with Crippen LogP contribution in [0.1, 0.15) is 32.3 Å². The van der Waals surface area contributed by atoms with Gasteiger partial charge < -0.3 is 19.3 Å². The Balaban J connectivity index is 1.53. The third-order valence-corrected chi connectivity index (χ3v) is 5.35. The molecule has 0 N–H and O–H groups in total. The Morgan fingerprint density at radius 3 is 2.37 bits per heavy atom. The molecular weight excluding hydrogens is 383 g/mol. The molecule has 1 saturated heterocycles. The van der Waals surface area contributed by atoms with Gasteiger partial charge >= 0.3 is 0 Å². The van der Waals surface area contributed by atoms with Crippen molar-refractivity contribution in [3.8, 4) is 5.75 Å². The highest BCUT2D eigenvalue weighted by Gasteiger charge is 2.24. The van der Waals surface area contributed by atoms with E-state index in [1.165, 1.54) is 12.1 Å². The minimum atomic E-state index is -0.578. The lowest BCUT2D eigenvalue weighted by atomic mass is 10.1. The van der Waals surface area contributed by atoms with Gasteiger partial charge in [0.2, 0.25) is 0 Å². The summed E-state index contributed by atoms with van der Waals surface area (Å²) in [6, 6.07) is 14.0. The predicted molar refractivity (Wildman–Crippen MR) is 115 cm³/mol. The van der Waals surface area contributed by atoms with Gasteiger partial charge in [0.1, 0.15) is 17.3 Å². The van der Waals surface area contributed by atoms with Crippen molar-refractivity contribution >= 4 is 17.4 Å². The van der Waals surface area contributed by atoms with E-state index in [0.29, 0.717) is 38.2 Å². The Morgan fingerprint density at radius 2 is 1.70 bits per heavy atom. The summed E-state index contributed by atoms with van der Waals surface area (Å²) in [4.78, 5) is 28.0. The molecule has 6 heteroatoms. The molecule has 0 spiro atoms. The fourth-order valence-electron chi connectivity index (χ4n) is 3.61. The molecular formula is C24H29FN2O3. The zero-order valence-corrected chi connectivity index (χ0v) is 17.6. The lowest BCUT2D eigenvalue weighted by molar-refractivity contribution is -0.137. The van der Waals surface area contributed by atoms with Crippen LogP contribution in [0.25, 0.3) is 0 Å². The number of carbonyl (C=O) groups excluding carboxylic acids is 2. The van der Waals surface area contributed by atoms with Crippen LogP contribution in [-0.4, -0.2) is 48.9 Å². The normalized spacial score (nSPS) is 15.4. The fourth-order valence-corrected chi connectivity index (χ4v) is 3.61. The number of ketones is 1. The maximum Gasteiger partial charge on any atom is 0.263 e. The van der Waals surface area contributed by atoms with Crippen molar-refractivity contribution < 1.29 is 18.7 Å². The van der Waals surface area contributed by atoms with Crippen molar-refractivity contribution in [2.45, 2.75) is 39.2 Å². The predicted octanol–water partition coefficient (Wildman–Crippen LogP) is 3.85. The molecule has 1 fully saturated rings. The molecule has 1 heterocycles. The molecule has 1 unspecified atom stereocenters. The van der Waals surface area contributed by atoms with Crippen molar-refractivity contribution in [1.29, 1.82) is 0 Å². The third kappa shape index (κ3) is 6.05. The fraction of sp³-hybridized carbons (Fsp3) is 0.417. The Hall–Kier alpha value is -2.89. The standard InChI is InChI=1S/C24H29FN2O3/c1-18(28)4-5-20-6-12-23(13-7-20)30-19(2)24(29)27-15-3-14-26(16-17-27)22-10-8-21(25)9-11-22/h6-13,19H,3-5,14-17H2,1-2H3. The number of halogens is 1. The summed E-state index contributed by atoms with van der Waals surface area (Å²) in [7, 11) is 0. The summed E-state index contributed by atoms with van der Waals surface area (Å²) in [5.74, 6) is 0.537. The molecule has 0 saturated carbocycles. The summed E-state index contributed by atoms with van der Waals surface area (Å²) in [5.41, 5.74) is 2.05. The average Bonchev–Trinajstić information content (AvgIpc) is 2.99. The number of rotatable bonds is 7. The first kappa shape index (κ1) is 21.8. The number of amides is 1. The summed E-state index contributed by atoms with van der Waals surface area (Å²) >= 11 is 0. The number of carbonyl (C=O) groups is 2. The van der Waals surface area contributed by atoms with Gasteiger partial charge in [0, 0.05) is 38.3 Å². The summed E-state index contributed by atoms with van der Waals surface area (Å²) in [6.45, 7) is 6.17. The van der Waals surface area contributed by atoms with E-state index in [-0.39, 0.29) is 17.5 Å². The molecule has 2 aromatic carbocycles. The van der Waals surface area contributed by atoms with E-state index in [9.17, 15) is 14.0 Å². The number of ether oxygens (including phenoxy) is 1. The van der Waals surface area contributed by atoms with E-state index in [1.54, 1.807) is 26.0 Å². The molecule has 2 aromatic rings. The van der Waals surface area contributed by atoms with Gasteiger partial charge in [-0.15, -0.1) is 0 Å². The molecule has 1 aliphatic rings. The Labute approximate surface area is 177 Å². The first-order chi connectivity index (χ1) is 14.4. The number of hydrogen-bond donors (Lipinski definition) is 0. The zero-order chi connectivity index (χ0) is 21.5. The molecule has 0 radical (unpaired) electrons. The highest BCUT2D eigenvalue weighted by Crippen LogP contribution is 2.19. The number of Topliss-reactive ketones (excluding diaryl/α,β-unsaturated/α-hetero) is 1. The maximum atomic E-state index is 13.2. The van der Waals surface area contributed by atoms with Crippen LogP contribution in [0.4, 0.5) is 10.1 Å². The van der Waals surface area contributed by atoms with Crippen molar-refractivity contribution in [2.75, 3.05) is 31.1 Å². The highest BCUT2D eigenvalue weighted by atomic mass is 19.1. The molecule has 0 bridgehead atoms. The highest BCUT2D eigenvalue weighted by molar-refractivity contribution is 5.81. The second kappa shape index (κ2) is 10.2. The van der Waals surface area contributed by atoms with E-state index >= 15 is 0 Å². The van der Waals surface area contributed by atoms with E-state index in [1.807, 2.05) is 29.2 Å². The minimum absolute atomic E-state index is 0.0309. The van der Waals surface area contributed by atoms with Gasteiger partial charge in [0.15, 0.2) is 6.10 Å². The average molecular weight is 413 g/mol. The molecule has 1 amide bonds. The van der Waals surface area contributed by atoms with Crippen LogP contribution in [0.2, 0.25) is 0 Å². The minimum Gasteiger partial charge on any atom is -0.481 e. The van der Waals surface area contributed by atoms with Gasteiger partial charge in [-0.1, -0.05) is 12.1 Å². The van der Waals surface area contributed by atoms with Gasteiger partial charge in [-0.3, -0.25) is 4.79 Å². The number of aryl methyl sites for hydroxylation is 1. The smallest absolute Gasteiger partial charge is 0.263 e. The zero-order valence-electron chi connectivity index (χ0n) is 17.6. The van der Waals surface area contributed by atoms with E-state index in [2.05, 4.69) is 4.90 Å². The van der Waals surface area contributed by atoms with Crippen molar-refractivity contribution in [1.82, 2.24) is 4.90 Å². The monoisotopic (exact) mass is 412 g/mol. The number of nitrogens with zero attached hydrogens (tertiary/aromatic N) is 2. The molecule has 5 nitrogen and oxygen atoms in total. The van der Waals surface area contributed by atoms with Gasteiger partial charge in [-0.25, -0.2) is 4.39 Å². The quantitative estimate of drug-likeness (QED) is 0.693. The summed E-state index contributed by atoms with van der Waals surface area (Å²) in [5, 5.41) is 0. The van der Waals surface area contributed by atoms with Gasteiger partial charge in [0.25, 0.3) is 5.91 Å². The first-order valence-corrected chi connectivity index (χ1v) is 10.5. The SMILES string of the molecule is CC(=O)CCc1ccc(OC(C)C(=O)N2CCCN(c3ccc(F)cc3)CC2)cc1. The Kier molecular flexibility index (Phi) is 7.44. The lowest BCUT2D eigenvalue weighted by Gasteiger charge is -2.26. The van der Waals surface area contributed by atoms with Crippen molar-refractivity contribution in [3.63, 3.8) is 0 Å². The van der Waals surface area contributed by atoms with Gasteiger partial charge in [-0.05, 0) is 68.7 Å². The largest absolute Gasteiger partial charge is 0.481 e. The summed E-state index contributed by atoms with van der Waals surface area (Å²) in [6.07, 6.45) is 1.51. The molecule has 0 aliphatic carbocycles. The van der Waals surface area contributed by atoms with Gasteiger partial charge in [0.05, 0.1) is 0 Å². The molecule has 1 atom stereocenters. The second-order valence-electron chi connectivity index (χ2n) is 7.75. The van der Waals surface area contributed by atoms with Crippen LogP contribution < -0.4 is 9.64 Å². The number of benzene rings is 2. The van der Waals surface area contributed by atoms with Gasteiger partial charge in [-0.2, -0.15) is 0 Å². The van der Waals surface area contributed by atoms with Crippen LogP contribution in [0.15, 0.2) is 48.5 Å². The number of anilines is 1. The van der Waals surface area contributed by atoms with Crippen LogP contribution >= 0.6 is 0 Å². The van der Waals surface area contributed by atoms with Crippen LogP contribution in [0.5, 0.6) is 5.75 Å². The summed E-state index contributed by atoms with van der Waals surface area (Å²) < 4.78 is 19.0. The molecule has 160 valence electrons. The van der Waals surface area contributed by atoms with Crippen LogP contribution in [-0.2, 0) is 16.0 Å². The molecule has 1 aliphatic heterocycles. The first-order valence-electron chi connectivity index (χ1n) is 10.5. The lowest BCUT2D eigenvalue weighted by Crippen LogP contribution is -2.42. The van der Waals surface area contributed by atoms with E-state index < -0.39 is 6.10 Å².